The number of hydrogen-bond acceptors (Lipinski definition) is 4. The maximum Gasteiger partial charge on any atom is 0.200 e. The van der Waals surface area contributed by atoms with E-state index in [-0.39, 0.29) is 23.2 Å². The van der Waals surface area contributed by atoms with Gasteiger partial charge in [0.05, 0.1) is 0 Å². The smallest absolute Gasteiger partial charge is 0.200 e. The van der Waals surface area contributed by atoms with Crippen molar-refractivity contribution in [3.63, 3.8) is 0 Å². The molecule has 22 heavy (non-hydrogen) atoms. The Morgan fingerprint density at radius 2 is 1.23 bits per heavy atom. The molecule has 4 nitrogen and oxygen atoms in total. The van der Waals surface area contributed by atoms with Crippen LogP contribution in [-0.2, 0) is 0 Å². The van der Waals surface area contributed by atoms with E-state index in [0.29, 0.717) is 11.5 Å². The number of hydrogen-bond donors (Lipinski definition) is 4. The molecule has 0 amide bonds. The van der Waals surface area contributed by atoms with Gasteiger partial charge in [0.15, 0.2) is 11.5 Å². The third-order valence-electron chi connectivity index (χ3n) is 4.69. The third-order valence-corrected chi connectivity index (χ3v) is 4.69. The Bertz CT molecular complexity index is 656. The van der Waals surface area contributed by atoms with E-state index < -0.39 is 5.75 Å². The van der Waals surface area contributed by atoms with Crippen LogP contribution in [0.1, 0.15) is 48.6 Å². The molecule has 0 heterocycles. The van der Waals surface area contributed by atoms with Crippen molar-refractivity contribution in [2.45, 2.75) is 37.5 Å². The van der Waals surface area contributed by atoms with E-state index in [4.69, 9.17) is 0 Å². The molecule has 1 aliphatic rings. The minimum atomic E-state index is -0.432. The second-order valence-corrected chi connectivity index (χ2v) is 6.01. The number of phenolic OH excluding ortho intramolecular Hbond substituents is 4. The normalized spacial score (nSPS) is 21.6. The molecule has 4 N–H and O–H groups in total. The molecule has 2 aromatic rings. The summed E-state index contributed by atoms with van der Waals surface area (Å²) in [5.74, 6) is 0.0109. The Labute approximate surface area is 129 Å². The van der Waals surface area contributed by atoms with Crippen molar-refractivity contribution in [3.05, 3.63) is 47.5 Å². The standard InChI is InChI=1S/C18H20O4/c19-14-7-5-12(6-8-14)11-1-3-13(4-2-11)15-9-10-16(20)18(22)17(15)21/h5-11,13,19-22H,1-4H2. The molecule has 0 aliphatic heterocycles. The van der Waals surface area contributed by atoms with Gasteiger partial charge in [0.2, 0.25) is 5.75 Å². The molecule has 116 valence electrons. The lowest BCUT2D eigenvalue weighted by molar-refractivity contribution is 0.349. The summed E-state index contributed by atoms with van der Waals surface area (Å²) in [6.45, 7) is 0. The van der Waals surface area contributed by atoms with Crippen LogP contribution in [0.3, 0.4) is 0 Å². The summed E-state index contributed by atoms with van der Waals surface area (Å²) < 4.78 is 0. The molecule has 1 fully saturated rings. The molecular formula is C18H20O4. The summed E-state index contributed by atoms with van der Waals surface area (Å²) in [5.41, 5.74) is 1.94. The topological polar surface area (TPSA) is 80.9 Å². The molecule has 0 bridgehead atoms. The molecule has 0 aromatic heterocycles. The average Bonchev–Trinajstić information content (AvgIpc) is 2.54. The van der Waals surface area contributed by atoms with E-state index in [1.54, 1.807) is 18.2 Å². The van der Waals surface area contributed by atoms with Crippen LogP contribution in [0.15, 0.2) is 36.4 Å². The van der Waals surface area contributed by atoms with Gasteiger partial charge in [-0.25, -0.2) is 0 Å². The van der Waals surface area contributed by atoms with Crippen LogP contribution in [0.4, 0.5) is 0 Å². The quantitative estimate of drug-likeness (QED) is 0.633. The molecule has 1 saturated carbocycles. The number of benzene rings is 2. The zero-order chi connectivity index (χ0) is 15.7. The van der Waals surface area contributed by atoms with Crippen LogP contribution in [0.25, 0.3) is 0 Å². The first-order chi connectivity index (χ1) is 10.6. The van der Waals surface area contributed by atoms with Crippen LogP contribution in [0.2, 0.25) is 0 Å². The lowest BCUT2D eigenvalue weighted by Crippen LogP contribution is -2.12. The van der Waals surface area contributed by atoms with Crippen molar-refractivity contribution in [3.8, 4) is 23.0 Å². The molecule has 1 aliphatic carbocycles. The first-order valence-corrected chi connectivity index (χ1v) is 7.59. The highest BCUT2D eigenvalue weighted by Crippen LogP contribution is 2.47. The summed E-state index contributed by atoms with van der Waals surface area (Å²) in [4.78, 5) is 0. The Kier molecular flexibility index (Phi) is 3.84. The van der Waals surface area contributed by atoms with Gasteiger partial charge in [-0.05, 0) is 61.3 Å². The zero-order valence-electron chi connectivity index (χ0n) is 12.2. The molecule has 0 saturated heterocycles. The summed E-state index contributed by atoms with van der Waals surface area (Å²) in [7, 11) is 0. The van der Waals surface area contributed by atoms with E-state index in [2.05, 4.69) is 0 Å². The van der Waals surface area contributed by atoms with Gasteiger partial charge in [0, 0.05) is 5.56 Å². The van der Waals surface area contributed by atoms with Gasteiger partial charge in [-0.15, -0.1) is 0 Å². The molecular weight excluding hydrogens is 280 g/mol. The summed E-state index contributed by atoms with van der Waals surface area (Å²) in [6, 6.07) is 10.5. The van der Waals surface area contributed by atoms with Crippen LogP contribution in [0.5, 0.6) is 23.0 Å². The maximum atomic E-state index is 10.0. The first-order valence-electron chi connectivity index (χ1n) is 7.59. The van der Waals surface area contributed by atoms with Crippen molar-refractivity contribution in [1.82, 2.24) is 0 Å². The van der Waals surface area contributed by atoms with Gasteiger partial charge in [0.25, 0.3) is 0 Å². The van der Waals surface area contributed by atoms with Gasteiger partial charge in [-0.3, -0.25) is 0 Å². The fraction of sp³-hybridized carbons (Fsp3) is 0.333. The van der Waals surface area contributed by atoms with E-state index in [1.807, 2.05) is 12.1 Å². The Morgan fingerprint density at radius 1 is 0.636 bits per heavy atom. The van der Waals surface area contributed by atoms with Crippen molar-refractivity contribution in [2.75, 3.05) is 0 Å². The highest BCUT2D eigenvalue weighted by atomic mass is 16.3. The van der Waals surface area contributed by atoms with E-state index in [1.165, 1.54) is 11.6 Å². The van der Waals surface area contributed by atoms with Crippen LogP contribution < -0.4 is 0 Å². The Balaban J connectivity index is 1.72. The summed E-state index contributed by atoms with van der Waals surface area (Å²) in [5, 5.41) is 38.4. The van der Waals surface area contributed by atoms with Crippen molar-refractivity contribution in [2.24, 2.45) is 0 Å². The average molecular weight is 300 g/mol. The monoisotopic (exact) mass is 300 g/mol. The van der Waals surface area contributed by atoms with Crippen molar-refractivity contribution in [1.29, 1.82) is 0 Å². The third kappa shape index (κ3) is 2.69. The molecule has 0 spiro atoms. The summed E-state index contributed by atoms with van der Waals surface area (Å²) >= 11 is 0. The van der Waals surface area contributed by atoms with Gasteiger partial charge in [-0.1, -0.05) is 18.2 Å². The minimum Gasteiger partial charge on any atom is -0.508 e. The number of aromatic hydroxyl groups is 4. The second-order valence-electron chi connectivity index (χ2n) is 6.01. The van der Waals surface area contributed by atoms with Gasteiger partial charge in [-0.2, -0.15) is 0 Å². The molecule has 0 atom stereocenters. The fourth-order valence-electron chi connectivity index (χ4n) is 3.40. The predicted octanol–water partition coefficient (Wildman–Crippen LogP) is 3.95. The fourth-order valence-corrected chi connectivity index (χ4v) is 3.40. The Morgan fingerprint density at radius 3 is 1.86 bits per heavy atom. The SMILES string of the molecule is Oc1ccc(C2CCC(c3ccc(O)c(O)c3O)CC2)cc1. The van der Waals surface area contributed by atoms with Gasteiger partial charge < -0.3 is 20.4 Å². The largest absolute Gasteiger partial charge is 0.508 e. The number of phenols is 4. The minimum absolute atomic E-state index is 0.194. The van der Waals surface area contributed by atoms with E-state index >= 15 is 0 Å². The van der Waals surface area contributed by atoms with E-state index in [9.17, 15) is 20.4 Å². The Hall–Kier alpha value is -2.36. The molecule has 2 aromatic carbocycles. The summed E-state index contributed by atoms with van der Waals surface area (Å²) in [6.07, 6.45) is 3.83. The lowest BCUT2D eigenvalue weighted by atomic mass is 9.76. The van der Waals surface area contributed by atoms with Crippen LogP contribution in [-0.4, -0.2) is 20.4 Å². The van der Waals surface area contributed by atoms with E-state index in [0.717, 1.165) is 25.7 Å². The van der Waals surface area contributed by atoms with Gasteiger partial charge >= 0.3 is 0 Å². The molecule has 4 heteroatoms. The van der Waals surface area contributed by atoms with Gasteiger partial charge in [0.1, 0.15) is 5.75 Å². The van der Waals surface area contributed by atoms with Crippen LogP contribution >= 0.6 is 0 Å². The van der Waals surface area contributed by atoms with Crippen molar-refractivity contribution < 1.29 is 20.4 Å². The van der Waals surface area contributed by atoms with Crippen molar-refractivity contribution >= 4 is 0 Å². The lowest BCUT2D eigenvalue weighted by Gasteiger charge is -2.29. The molecule has 3 rings (SSSR count). The zero-order valence-corrected chi connectivity index (χ0v) is 12.2. The second kappa shape index (κ2) is 5.79. The maximum absolute atomic E-state index is 10.0. The predicted molar refractivity (Wildman–Crippen MR) is 83.5 cm³/mol. The highest BCUT2D eigenvalue weighted by molar-refractivity contribution is 5.54. The molecule has 0 unspecified atom stereocenters. The van der Waals surface area contributed by atoms with Crippen LogP contribution in [0, 0.1) is 0 Å². The first kappa shape index (κ1) is 14.6. The highest BCUT2D eigenvalue weighted by Gasteiger charge is 2.26. The molecule has 0 radical (unpaired) electrons. The number of rotatable bonds is 2.